The number of amides is 2. The van der Waals surface area contributed by atoms with E-state index in [9.17, 15) is 18.0 Å². The molecule has 42 heavy (non-hydrogen) atoms. The maximum absolute atomic E-state index is 13.4. The lowest BCUT2D eigenvalue weighted by Crippen LogP contribution is -2.48. The number of rotatable bonds is 14. The van der Waals surface area contributed by atoms with Gasteiger partial charge in [-0.05, 0) is 67.8 Å². The van der Waals surface area contributed by atoms with Crippen molar-refractivity contribution in [3.63, 3.8) is 0 Å². The van der Waals surface area contributed by atoms with Gasteiger partial charge in [0.15, 0.2) is 9.84 Å². The van der Waals surface area contributed by atoms with Crippen molar-refractivity contribution in [2.24, 2.45) is 5.92 Å². The van der Waals surface area contributed by atoms with Crippen molar-refractivity contribution in [1.82, 2.24) is 25.1 Å². The van der Waals surface area contributed by atoms with Crippen LogP contribution in [0.1, 0.15) is 80.5 Å². The van der Waals surface area contributed by atoms with Crippen molar-refractivity contribution >= 4 is 44.0 Å². The van der Waals surface area contributed by atoms with Gasteiger partial charge >= 0.3 is 0 Å². The largest absolute Gasteiger partial charge is 0.354 e. The van der Waals surface area contributed by atoms with E-state index in [2.05, 4.69) is 51.5 Å². The predicted molar refractivity (Wildman–Crippen MR) is 170 cm³/mol. The summed E-state index contributed by atoms with van der Waals surface area (Å²) in [5.74, 6) is 1.12. The zero-order valence-electron chi connectivity index (χ0n) is 25.3. The molecule has 2 N–H and O–H groups in total. The number of imidazole rings is 1. The van der Waals surface area contributed by atoms with Gasteiger partial charge in [-0.25, -0.2) is 13.4 Å². The summed E-state index contributed by atoms with van der Waals surface area (Å²) >= 11 is 1.72. The lowest BCUT2D eigenvalue weighted by molar-refractivity contribution is -0.123. The van der Waals surface area contributed by atoms with E-state index in [1.807, 2.05) is 32.0 Å². The highest BCUT2D eigenvalue weighted by Gasteiger charge is 2.25. The van der Waals surface area contributed by atoms with Crippen LogP contribution in [0.15, 0.2) is 35.7 Å². The van der Waals surface area contributed by atoms with Gasteiger partial charge in [0, 0.05) is 42.5 Å². The van der Waals surface area contributed by atoms with Crippen LogP contribution in [0.25, 0.3) is 11.0 Å². The summed E-state index contributed by atoms with van der Waals surface area (Å²) in [4.78, 5) is 34.8. The Labute approximate surface area is 254 Å². The topological polar surface area (TPSA) is 113 Å². The summed E-state index contributed by atoms with van der Waals surface area (Å²) in [5, 5.41) is 8.02. The Morgan fingerprint density at radius 2 is 1.83 bits per heavy atom. The van der Waals surface area contributed by atoms with Crippen LogP contribution in [0.3, 0.4) is 0 Å². The maximum atomic E-state index is 13.4. The number of nitrogens with one attached hydrogen (secondary N) is 2. The lowest BCUT2D eigenvalue weighted by Gasteiger charge is -2.26. The molecule has 1 fully saturated rings. The van der Waals surface area contributed by atoms with E-state index < -0.39 is 15.9 Å². The predicted octanol–water partition coefficient (Wildman–Crippen LogP) is 4.43. The monoisotopic (exact) mass is 615 g/mol. The highest BCUT2D eigenvalue weighted by atomic mass is 32.2. The lowest BCUT2D eigenvalue weighted by atomic mass is 10.0. The minimum Gasteiger partial charge on any atom is -0.354 e. The van der Waals surface area contributed by atoms with Gasteiger partial charge in [0.25, 0.3) is 5.91 Å². The first-order chi connectivity index (χ1) is 20.1. The Balaban J connectivity index is 1.42. The molecule has 1 aliphatic rings. The Morgan fingerprint density at radius 3 is 2.48 bits per heavy atom. The van der Waals surface area contributed by atoms with Gasteiger partial charge in [0.2, 0.25) is 5.91 Å². The number of benzene rings is 1. The van der Waals surface area contributed by atoms with E-state index in [-0.39, 0.29) is 29.2 Å². The van der Waals surface area contributed by atoms with E-state index in [0.717, 1.165) is 49.1 Å². The second kappa shape index (κ2) is 14.6. The van der Waals surface area contributed by atoms with Crippen LogP contribution in [0, 0.1) is 5.92 Å². The summed E-state index contributed by atoms with van der Waals surface area (Å²) in [6.07, 6.45) is 3.98. The van der Waals surface area contributed by atoms with Crippen molar-refractivity contribution in [3.8, 4) is 0 Å². The zero-order chi connectivity index (χ0) is 30.3. The molecule has 1 saturated heterocycles. The Morgan fingerprint density at radius 1 is 1.10 bits per heavy atom. The van der Waals surface area contributed by atoms with Crippen LogP contribution in [0.5, 0.6) is 0 Å². The third kappa shape index (κ3) is 8.41. The molecule has 0 radical (unpaired) electrons. The van der Waals surface area contributed by atoms with Gasteiger partial charge in [0.1, 0.15) is 11.9 Å². The Bertz CT molecular complexity index is 1430. The standard InChI is InChI=1S/C31H45N5O4S2/c1-5-24(6-2)36-28-11-10-23(20-26(28)33-29(36)21-25-9-7-16-41-25)30(37)34-27(19-22(3)4)31(38)32-12-8-13-35-14-17-42(39,40)18-15-35/h7,9-11,16,20,22,24,27H,5-6,8,12-15,17-19,21H2,1-4H3,(H,32,38)(H,34,37)/t27-/m0/s1. The summed E-state index contributed by atoms with van der Waals surface area (Å²) in [6.45, 7) is 10.7. The van der Waals surface area contributed by atoms with Gasteiger partial charge in [-0.3, -0.25) is 9.59 Å². The van der Waals surface area contributed by atoms with Crippen molar-refractivity contribution < 1.29 is 18.0 Å². The Kier molecular flexibility index (Phi) is 11.2. The van der Waals surface area contributed by atoms with Gasteiger partial charge in [-0.15, -0.1) is 11.3 Å². The molecular weight excluding hydrogens is 571 g/mol. The van der Waals surface area contributed by atoms with E-state index >= 15 is 0 Å². The van der Waals surface area contributed by atoms with Crippen LogP contribution in [0.2, 0.25) is 0 Å². The normalized spacial score (nSPS) is 16.2. The first-order valence-corrected chi connectivity index (χ1v) is 17.8. The molecule has 9 nitrogen and oxygen atoms in total. The summed E-state index contributed by atoms with van der Waals surface area (Å²) in [7, 11) is -2.90. The van der Waals surface area contributed by atoms with Crippen LogP contribution < -0.4 is 10.6 Å². The smallest absolute Gasteiger partial charge is 0.252 e. The molecule has 4 rings (SSSR count). The number of carbonyl (C=O) groups excluding carboxylic acids is 2. The van der Waals surface area contributed by atoms with Crippen molar-refractivity contribution in [3.05, 3.63) is 52.0 Å². The van der Waals surface area contributed by atoms with E-state index in [4.69, 9.17) is 4.98 Å². The zero-order valence-corrected chi connectivity index (χ0v) is 26.9. The number of hydrogen-bond donors (Lipinski definition) is 2. The molecule has 2 amide bonds. The molecule has 0 spiro atoms. The van der Waals surface area contributed by atoms with Crippen molar-refractivity contribution in [1.29, 1.82) is 0 Å². The molecule has 2 aromatic heterocycles. The molecule has 1 atom stereocenters. The third-order valence-corrected chi connectivity index (χ3v) is 10.4. The molecule has 1 aliphatic heterocycles. The molecule has 3 heterocycles. The average Bonchev–Trinajstić information content (AvgIpc) is 3.59. The minimum absolute atomic E-state index is 0.196. The first-order valence-electron chi connectivity index (χ1n) is 15.1. The highest BCUT2D eigenvalue weighted by molar-refractivity contribution is 7.91. The van der Waals surface area contributed by atoms with Crippen molar-refractivity contribution in [2.75, 3.05) is 37.7 Å². The fourth-order valence-electron chi connectivity index (χ4n) is 5.60. The number of thiophene rings is 1. The molecular formula is C31H45N5O4S2. The number of carbonyl (C=O) groups is 2. The van der Waals surface area contributed by atoms with Crippen LogP contribution in [-0.2, 0) is 21.1 Å². The van der Waals surface area contributed by atoms with Crippen LogP contribution >= 0.6 is 11.3 Å². The summed E-state index contributed by atoms with van der Waals surface area (Å²) in [5.41, 5.74) is 2.30. The SMILES string of the molecule is CCC(CC)n1c(Cc2cccs2)nc2cc(C(=O)N[C@@H](CC(C)C)C(=O)NCCCN3CCS(=O)(=O)CC3)ccc21. The fraction of sp³-hybridized carbons (Fsp3) is 0.581. The van der Waals surface area contributed by atoms with Crippen LogP contribution in [0.4, 0.5) is 0 Å². The number of nitrogens with zero attached hydrogens (tertiary/aromatic N) is 3. The summed E-state index contributed by atoms with van der Waals surface area (Å²) < 4.78 is 25.6. The minimum atomic E-state index is -2.90. The van der Waals surface area contributed by atoms with Gasteiger partial charge in [0.05, 0.1) is 22.5 Å². The maximum Gasteiger partial charge on any atom is 0.252 e. The van der Waals surface area contributed by atoms with Gasteiger partial charge < -0.3 is 20.1 Å². The molecule has 0 unspecified atom stereocenters. The number of sulfone groups is 1. The average molecular weight is 616 g/mol. The first kappa shape index (κ1) is 32.2. The molecule has 1 aromatic carbocycles. The summed E-state index contributed by atoms with van der Waals surface area (Å²) in [6, 6.07) is 9.51. The second-order valence-electron chi connectivity index (χ2n) is 11.6. The molecule has 0 saturated carbocycles. The van der Waals surface area contributed by atoms with Crippen molar-refractivity contribution in [2.45, 2.75) is 71.9 Å². The Hall–Kier alpha value is -2.76. The molecule has 230 valence electrons. The van der Waals surface area contributed by atoms with E-state index in [0.29, 0.717) is 37.7 Å². The number of fused-ring (bicyclic) bond motifs is 1. The number of hydrogen-bond acceptors (Lipinski definition) is 7. The molecule has 3 aromatic rings. The molecule has 0 bridgehead atoms. The van der Waals surface area contributed by atoms with Gasteiger partial charge in [-0.1, -0.05) is 33.8 Å². The van der Waals surface area contributed by atoms with E-state index in [1.165, 1.54) is 4.88 Å². The number of aromatic nitrogens is 2. The van der Waals surface area contributed by atoms with E-state index in [1.54, 1.807) is 11.3 Å². The quantitative estimate of drug-likeness (QED) is 0.260. The fourth-order valence-corrected chi connectivity index (χ4v) is 7.58. The molecule has 0 aliphatic carbocycles. The van der Waals surface area contributed by atoms with Gasteiger partial charge in [-0.2, -0.15) is 0 Å². The molecule has 11 heteroatoms. The highest BCUT2D eigenvalue weighted by Crippen LogP contribution is 2.28. The third-order valence-electron chi connectivity index (χ3n) is 7.96. The second-order valence-corrected chi connectivity index (χ2v) is 15.0. The van der Waals surface area contributed by atoms with Crippen LogP contribution in [-0.4, -0.2) is 78.4 Å².